The molecule has 1 fully saturated rings. The molecule has 2 aliphatic rings. The molecule has 0 aromatic carbocycles. The van der Waals surface area contributed by atoms with Crippen molar-refractivity contribution in [1.82, 2.24) is 14.9 Å². The fraction of sp³-hybridized carbons (Fsp3) is 0.611. The van der Waals surface area contributed by atoms with Crippen LogP contribution in [-0.4, -0.2) is 45.7 Å². The number of fused-ring (bicyclic) bond motifs is 3. The lowest BCUT2D eigenvalue weighted by Gasteiger charge is -2.23. The number of nitrogens with two attached hydrogens (primary N) is 1. The summed E-state index contributed by atoms with van der Waals surface area (Å²) in [4.78, 5) is 36.5. The highest BCUT2D eigenvalue weighted by Gasteiger charge is 2.27. The molecule has 1 saturated heterocycles. The van der Waals surface area contributed by atoms with Gasteiger partial charge < -0.3 is 15.6 Å². The molecule has 0 spiro atoms. The Balaban J connectivity index is 0.00000210. The van der Waals surface area contributed by atoms with Gasteiger partial charge in [0.2, 0.25) is 5.91 Å². The summed E-state index contributed by atoms with van der Waals surface area (Å²) < 4.78 is 0. The number of hydrogen-bond donors (Lipinski definition) is 2. The maximum atomic E-state index is 12.4. The van der Waals surface area contributed by atoms with Gasteiger partial charge in [-0.05, 0) is 37.7 Å². The summed E-state index contributed by atoms with van der Waals surface area (Å²) in [6.45, 7) is 1.38. The fourth-order valence-corrected chi connectivity index (χ4v) is 6.07. The minimum atomic E-state index is -0.0102. The molecular weight excluding hydrogens is 404 g/mol. The first-order valence-electron chi connectivity index (χ1n) is 9.28. The molecule has 27 heavy (non-hydrogen) atoms. The number of aromatic amines is 1. The van der Waals surface area contributed by atoms with Gasteiger partial charge in [0.25, 0.3) is 5.56 Å². The van der Waals surface area contributed by atoms with E-state index in [0.717, 1.165) is 54.6 Å². The van der Waals surface area contributed by atoms with Gasteiger partial charge in [0.15, 0.2) is 0 Å². The van der Waals surface area contributed by atoms with Crippen molar-refractivity contribution in [2.75, 3.05) is 18.8 Å². The second kappa shape index (κ2) is 8.94. The molecule has 4 rings (SSSR count). The second-order valence-electron chi connectivity index (χ2n) is 6.97. The molecule has 6 nitrogen and oxygen atoms in total. The Morgan fingerprint density at radius 1 is 1.37 bits per heavy atom. The van der Waals surface area contributed by atoms with Crippen LogP contribution in [0.5, 0.6) is 0 Å². The number of aromatic nitrogens is 2. The lowest BCUT2D eigenvalue weighted by molar-refractivity contribution is -0.131. The topological polar surface area (TPSA) is 92.1 Å². The summed E-state index contributed by atoms with van der Waals surface area (Å²) in [6.07, 6.45) is 5.80. The number of hydrogen-bond acceptors (Lipinski definition) is 6. The largest absolute Gasteiger partial charge is 0.338 e. The number of nitrogens with zero attached hydrogens (tertiary/aromatic N) is 2. The van der Waals surface area contributed by atoms with Gasteiger partial charge in [-0.1, -0.05) is 0 Å². The maximum absolute atomic E-state index is 12.4. The third-order valence-electron chi connectivity index (χ3n) is 5.29. The minimum Gasteiger partial charge on any atom is -0.338 e. The van der Waals surface area contributed by atoms with Gasteiger partial charge in [-0.15, -0.1) is 23.7 Å². The SMILES string of the molecule is Cl.NCC1CCCN1C(=O)CCSCc1nc2sc3c(c2c(=O)[nH]1)CCC3. The molecule has 1 aliphatic carbocycles. The normalized spacial score (nSPS) is 18.7. The number of aryl methyl sites for hydroxylation is 2. The highest BCUT2D eigenvalue weighted by molar-refractivity contribution is 7.98. The average molecular weight is 429 g/mol. The molecule has 1 aliphatic heterocycles. The van der Waals surface area contributed by atoms with E-state index >= 15 is 0 Å². The number of nitrogens with one attached hydrogen (secondary N) is 1. The van der Waals surface area contributed by atoms with E-state index in [-0.39, 0.29) is 29.9 Å². The van der Waals surface area contributed by atoms with E-state index in [4.69, 9.17) is 5.73 Å². The van der Waals surface area contributed by atoms with Crippen LogP contribution in [0.15, 0.2) is 4.79 Å². The number of rotatable bonds is 6. The smallest absolute Gasteiger partial charge is 0.259 e. The van der Waals surface area contributed by atoms with Crippen LogP contribution in [0.25, 0.3) is 10.2 Å². The van der Waals surface area contributed by atoms with Crippen molar-refractivity contribution in [2.45, 2.75) is 50.3 Å². The van der Waals surface area contributed by atoms with E-state index in [0.29, 0.717) is 24.5 Å². The van der Waals surface area contributed by atoms with Gasteiger partial charge in [0, 0.05) is 36.2 Å². The van der Waals surface area contributed by atoms with Gasteiger partial charge in [-0.25, -0.2) is 4.98 Å². The number of carbonyl (C=O) groups is 1. The Bertz CT molecular complexity index is 882. The van der Waals surface area contributed by atoms with Crippen LogP contribution >= 0.6 is 35.5 Å². The van der Waals surface area contributed by atoms with Crippen molar-refractivity contribution >= 4 is 51.6 Å². The Morgan fingerprint density at radius 2 is 2.22 bits per heavy atom. The first kappa shape index (κ1) is 20.6. The minimum absolute atomic E-state index is 0. The third-order valence-corrected chi connectivity index (χ3v) is 7.45. The Morgan fingerprint density at radius 3 is 3.04 bits per heavy atom. The van der Waals surface area contributed by atoms with E-state index in [1.54, 1.807) is 23.1 Å². The summed E-state index contributed by atoms with van der Waals surface area (Å²) in [7, 11) is 0. The zero-order valence-corrected chi connectivity index (χ0v) is 17.6. The van der Waals surface area contributed by atoms with Crippen molar-refractivity contribution in [1.29, 1.82) is 0 Å². The summed E-state index contributed by atoms with van der Waals surface area (Å²) >= 11 is 3.31. The van der Waals surface area contributed by atoms with Crippen LogP contribution in [0.2, 0.25) is 0 Å². The molecule has 148 valence electrons. The maximum Gasteiger partial charge on any atom is 0.259 e. The first-order valence-corrected chi connectivity index (χ1v) is 11.2. The molecule has 3 heterocycles. The molecule has 1 atom stereocenters. The summed E-state index contributed by atoms with van der Waals surface area (Å²) in [5.41, 5.74) is 6.94. The van der Waals surface area contributed by atoms with Gasteiger partial charge in [-0.2, -0.15) is 11.8 Å². The molecular formula is C18H25ClN4O2S2. The zero-order valence-electron chi connectivity index (χ0n) is 15.2. The van der Waals surface area contributed by atoms with Gasteiger partial charge in [0.1, 0.15) is 10.7 Å². The summed E-state index contributed by atoms with van der Waals surface area (Å²) in [5, 5.41) is 0.799. The fourth-order valence-electron chi connectivity index (χ4n) is 4.00. The quantitative estimate of drug-likeness (QED) is 0.689. The van der Waals surface area contributed by atoms with Gasteiger partial charge in [-0.3, -0.25) is 9.59 Å². The predicted octanol–water partition coefficient (Wildman–Crippen LogP) is 2.47. The Kier molecular flexibility index (Phi) is 6.83. The van der Waals surface area contributed by atoms with Crippen molar-refractivity contribution in [3.05, 3.63) is 26.6 Å². The van der Waals surface area contributed by atoms with E-state index in [1.807, 2.05) is 4.90 Å². The lowest BCUT2D eigenvalue weighted by Crippen LogP contribution is -2.40. The molecule has 2 aromatic rings. The van der Waals surface area contributed by atoms with E-state index in [1.165, 1.54) is 10.4 Å². The van der Waals surface area contributed by atoms with E-state index in [9.17, 15) is 9.59 Å². The predicted molar refractivity (Wildman–Crippen MR) is 114 cm³/mol. The van der Waals surface area contributed by atoms with Crippen molar-refractivity contribution in [2.24, 2.45) is 5.73 Å². The van der Waals surface area contributed by atoms with Crippen molar-refractivity contribution in [3.63, 3.8) is 0 Å². The number of carbonyl (C=O) groups excluding carboxylic acids is 1. The summed E-state index contributed by atoms with van der Waals surface area (Å²) in [5.74, 6) is 2.26. The first-order chi connectivity index (χ1) is 12.7. The Hall–Kier alpha value is -1.09. The molecule has 9 heteroatoms. The number of thioether (sulfide) groups is 1. The van der Waals surface area contributed by atoms with Crippen molar-refractivity contribution < 1.29 is 4.79 Å². The van der Waals surface area contributed by atoms with Crippen LogP contribution in [-0.2, 0) is 23.4 Å². The summed E-state index contributed by atoms with van der Waals surface area (Å²) in [6, 6.07) is 0.216. The molecule has 1 unspecified atom stereocenters. The van der Waals surface area contributed by atoms with Crippen LogP contribution in [0.3, 0.4) is 0 Å². The number of thiophene rings is 1. The average Bonchev–Trinajstić information content (AvgIpc) is 3.32. The van der Waals surface area contributed by atoms with E-state index < -0.39 is 0 Å². The second-order valence-corrected chi connectivity index (χ2v) is 9.16. The molecule has 2 aromatic heterocycles. The van der Waals surface area contributed by atoms with Crippen LogP contribution in [0.4, 0.5) is 0 Å². The molecule has 3 N–H and O–H groups in total. The molecule has 0 bridgehead atoms. The van der Waals surface area contributed by atoms with E-state index in [2.05, 4.69) is 9.97 Å². The highest BCUT2D eigenvalue weighted by Crippen LogP contribution is 2.34. The van der Waals surface area contributed by atoms with Crippen LogP contribution in [0, 0.1) is 0 Å². The van der Waals surface area contributed by atoms with Crippen LogP contribution in [0.1, 0.15) is 41.9 Å². The molecule has 1 amide bonds. The standard InChI is InChI=1S/C18H24N4O2S2.ClH/c19-9-11-3-2-7-22(11)15(23)6-8-25-10-14-20-17(24)16-12-4-1-5-13(12)26-18(16)21-14;/h11H,1-10,19H2,(H,20,21,24);1H. The van der Waals surface area contributed by atoms with Gasteiger partial charge in [0.05, 0.1) is 11.1 Å². The molecule has 0 saturated carbocycles. The van der Waals surface area contributed by atoms with Gasteiger partial charge >= 0.3 is 0 Å². The number of halogens is 1. The van der Waals surface area contributed by atoms with Crippen molar-refractivity contribution in [3.8, 4) is 0 Å². The highest BCUT2D eigenvalue weighted by atomic mass is 35.5. The van der Waals surface area contributed by atoms with Crippen LogP contribution < -0.4 is 11.3 Å². The Labute approximate surface area is 172 Å². The number of likely N-dealkylation sites (tertiary alicyclic amines) is 1. The molecule has 0 radical (unpaired) electrons. The monoisotopic (exact) mass is 428 g/mol. The number of amides is 1. The lowest BCUT2D eigenvalue weighted by atomic mass is 10.2. The zero-order chi connectivity index (χ0) is 18.1. The third kappa shape index (κ3) is 4.18. The number of H-pyrrole nitrogens is 1.